The first-order valence-corrected chi connectivity index (χ1v) is 9.36. The van der Waals surface area contributed by atoms with E-state index in [2.05, 4.69) is 40.6 Å². The van der Waals surface area contributed by atoms with Gasteiger partial charge in [-0.05, 0) is 44.6 Å². The van der Waals surface area contributed by atoms with Crippen LogP contribution in [0.3, 0.4) is 0 Å². The number of hydrogen-bond donors (Lipinski definition) is 0. The quantitative estimate of drug-likeness (QED) is 0.697. The summed E-state index contributed by atoms with van der Waals surface area (Å²) < 4.78 is 12.8. The lowest BCUT2D eigenvalue weighted by Crippen LogP contribution is -2.24. The van der Waals surface area contributed by atoms with E-state index < -0.39 is 0 Å². The van der Waals surface area contributed by atoms with Crippen LogP contribution in [0.15, 0.2) is 16.7 Å². The van der Waals surface area contributed by atoms with Crippen molar-refractivity contribution in [1.82, 2.24) is 24.9 Å². The summed E-state index contributed by atoms with van der Waals surface area (Å²) in [5, 5.41) is 8.96. The molecule has 0 radical (unpaired) electrons. The molecule has 0 aliphatic heterocycles. The largest absolute Gasteiger partial charge is 0.481 e. The van der Waals surface area contributed by atoms with E-state index in [1.165, 1.54) is 11.3 Å². The lowest BCUT2D eigenvalue weighted by atomic mass is 9.76. The summed E-state index contributed by atoms with van der Waals surface area (Å²) in [5.74, 6) is 1.57. The first-order chi connectivity index (χ1) is 12.9. The lowest BCUT2D eigenvalue weighted by molar-refractivity contribution is 0.304. The lowest BCUT2D eigenvalue weighted by Gasteiger charge is -2.30. The van der Waals surface area contributed by atoms with Crippen LogP contribution in [0.5, 0.6) is 5.88 Å². The van der Waals surface area contributed by atoms with E-state index in [9.17, 15) is 0 Å². The van der Waals surface area contributed by atoms with Gasteiger partial charge in [0.1, 0.15) is 0 Å². The molecule has 0 aromatic carbocycles. The van der Waals surface area contributed by atoms with Crippen molar-refractivity contribution in [2.45, 2.75) is 53.5 Å². The Morgan fingerprint density at radius 3 is 2.78 bits per heavy atom. The van der Waals surface area contributed by atoms with Crippen LogP contribution < -0.4 is 4.74 Å². The summed E-state index contributed by atoms with van der Waals surface area (Å²) in [6, 6.07) is 3.70. The van der Waals surface area contributed by atoms with Gasteiger partial charge in [0.2, 0.25) is 11.7 Å². The highest BCUT2D eigenvalue weighted by Gasteiger charge is 2.32. The Kier molecular flexibility index (Phi) is 4.25. The third kappa shape index (κ3) is 3.11. The summed E-state index contributed by atoms with van der Waals surface area (Å²) in [7, 11) is 1.60. The first-order valence-electron chi connectivity index (χ1n) is 9.36. The van der Waals surface area contributed by atoms with Crippen molar-refractivity contribution in [3.63, 3.8) is 0 Å². The fourth-order valence-electron chi connectivity index (χ4n) is 3.75. The molecular formula is C20H25N5O2. The number of pyridine rings is 1. The summed E-state index contributed by atoms with van der Waals surface area (Å²) in [6.45, 7) is 9.48. The van der Waals surface area contributed by atoms with Gasteiger partial charge >= 0.3 is 0 Å². The fourth-order valence-corrected chi connectivity index (χ4v) is 3.75. The molecule has 0 amide bonds. The summed E-state index contributed by atoms with van der Waals surface area (Å²) in [6.07, 6.45) is 3.13. The van der Waals surface area contributed by atoms with Crippen LogP contribution in [0.2, 0.25) is 0 Å². The van der Waals surface area contributed by atoms with Gasteiger partial charge in [-0.25, -0.2) is 4.98 Å². The average Bonchev–Trinajstić information content (AvgIpc) is 3.24. The molecule has 0 N–H and O–H groups in total. The second-order valence-electron chi connectivity index (χ2n) is 7.84. The zero-order valence-corrected chi connectivity index (χ0v) is 16.5. The summed E-state index contributed by atoms with van der Waals surface area (Å²) in [4.78, 5) is 9.01. The highest BCUT2D eigenvalue weighted by molar-refractivity contribution is 5.62. The molecule has 0 bridgehead atoms. The molecule has 0 saturated carbocycles. The Labute approximate surface area is 158 Å². The number of aromatic nitrogens is 5. The van der Waals surface area contributed by atoms with Gasteiger partial charge in [0.15, 0.2) is 5.69 Å². The zero-order chi connectivity index (χ0) is 19.2. The molecule has 0 fully saturated rings. The Hall–Kier alpha value is -2.70. The number of fused-ring (bicyclic) bond motifs is 1. The van der Waals surface area contributed by atoms with Crippen molar-refractivity contribution in [2.24, 2.45) is 5.41 Å². The number of rotatable bonds is 4. The molecule has 3 aromatic rings. The Balaban J connectivity index is 1.73. The Bertz CT molecular complexity index is 986. The molecule has 27 heavy (non-hydrogen) atoms. The van der Waals surface area contributed by atoms with Crippen molar-refractivity contribution >= 4 is 0 Å². The average molecular weight is 367 g/mol. The van der Waals surface area contributed by atoms with Crippen molar-refractivity contribution in [3.05, 3.63) is 29.1 Å². The molecule has 0 atom stereocenters. The van der Waals surface area contributed by atoms with Crippen LogP contribution in [0.4, 0.5) is 0 Å². The molecular weight excluding hydrogens is 342 g/mol. The molecule has 3 heterocycles. The van der Waals surface area contributed by atoms with Gasteiger partial charge < -0.3 is 9.26 Å². The molecule has 4 rings (SSSR count). The van der Waals surface area contributed by atoms with Crippen molar-refractivity contribution in [3.8, 4) is 28.9 Å². The first kappa shape index (κ1) is 17.7. The number of nitrogens with zero attached hydrogens (tertiary/aromatic N) is 5. The van der Waals surface area contributed by atoms with Crippen LogP contribution in [0.25, 0.3) is 23.0 Å². The third-order valence-electron chi connectivity index (χ3n) is 5.30. The highest BCUT2D eigenvalue weighted by atomic mass is 16.5. The van der Waals surface area contributed by atoms with Crippen LogP contribution in [0.1, 0.15) is 44.1 Å². The summed E-state index contributed by atoms with van der Waals surface area (Å²) in [5.41, 5.74) is 5.28. The second-order valence-corrected chi connectivity index (χ2v) is 7.84. The van der Waals surface area contributed by atoms with E-state index in [0.29, 0.717) is 23.0 Å². The molecule has 142 valence electrons. The Morgan fingerprint density at radius 1 is 1.26 bits per heavy atom. The van der Waals surface area contributed by atoms with E-state index >= 15 is 0 Å². The molecule has 0 unspecified atom stereocenters. The predicted molar refractivity (Wildman–Crippen MR) is 102 cm³/mol. The van der Waals surface area contributed by atoms with Gasteiger partial charge in [-0.1, -0.05) is 19.0 Å². The Morgan fingerprint density at radius 2 is 2.07 bits per heavy atom. The standard InChI is InChI=1S/C20H25N5O2/c1-6-25-15-11-20(3,4)10-9-14(15)17(23-25)19-22-18(24-27-19)13-7-8-16(26-5)21-12(13)2/h7-8H,6,9-11H2,1-5H3. The van der Waals surface area contributed by atoms with E-state index in [-0.39, 0.29) is 0 Å². The van der Waals surface area contributed by atoms with Crippen LogP contribution in [-0.4, -0.2) is 32.0 Å². The normalized spacial score (nSPS) is 15.6. The van der Waals surface area contributed by atoms with Gasteiger partial charge in [0.25, 0.3) is 5.89 Å². The number of ether oxygens (including phenoxy) is 1. The maximum Gasteiger partial charge on any atom is 0.279 e. The third-order valence-corrected chi connectivity index (χ3v) is 5.30. The van der Waals surface area contributed by atoms with Crippen molar-refractivity contribution in [2.75, 3.05) is 7.11 Å². The van der Waals surface area contributed by atoms with Crippen LogP contribution >= 0.6 is 0 Å². The number of hydrogen-bond acceptors (Lipinski definition) is 6. The maximum absolute atomic E-state index is 5.60. The van der Waals surface area contributed by atoms with Gasteiger partial charge in [-0.15, -0.1) is 0 Å². The van der Waals surface area contributed by atoms with E-state index in [1.54, 1.807) is 13.2 Å². The topological polar surface area (TPSA) is 78.9 Å². The van der Waals surface area contributed by atoms with Gasteiger partial charge in [-0.2, -0.15) is 10.1 Å². The SMILES string of the molecule is CCn1nc(-c2nc(-c3ccc(OC)nc3C)no2)c2c1CC(C)(C)CC2. The molecule has 0 saturated heterocycles. The smallest absolute Gasteiger partial charge is 0.279 e. The molecule has 7 heteroatoms. The zero-order valence-electron chi connectivity index (χ0n) is 16.5. The predicted octanol–water partition coefficient (Wildman–Crippen LogP) is 3.85. The maximum atomic E-state index is 5.60. The van der Waals surface area contributed by atoms with Gasteiger partial charge in [-0.3, -0.25) is 4.68 Å². The number of aryl methyl sites for hydroxylation is 2. The van der Waals surface area contributed by atoms with Crippen molar-refractivity contribution in [1.29, 1.82) is 0 Å². The van der Waals surface area contributed by atoms with Gasteiger partial charge in [0.05, 0.1) is 12.8 Å². The van der Waals surface area contributed by atoms with E-state index in [1.807, 2.05) is 13.0 Å². The minimum atomic E-state index is 0.295. The minimum absolute atomic E-state index is 0.295. The number of methoxy groups -OCH3 is 1. The van der Waals surface area contributed by atoms with Crippen LogP contribution in [-0.2, 0) is 19.4 Å². The molecule has 0 spiro atoms. The van der Waals surface area contributed by atoms with Crippen LogP contribution in [0, 0.1) is 12.3 Å². The van der Waals surface area contributed by atoms with Gasteiger partial charge in [0, 0.05) is 29.4 Å². The second kappa shape index (κ2) is 6.48. The summed E-state index contributed by atoms with van der Waals surface area (Å²) >= 11 is 0. The van der Waals surface area contributed by atoms with Crippen molar-refractivity contribution < 1.29 is 9.26 Å². The highest BCUT2D eigenvalue weighted by Crippen LogP contribution is 2.39. The molecule has 3 aromatic heterocycles. The molecule has 1 aliphatic rings. The monoisotopic (exact) mass is 367 g/mol. The van der Waals surface area contributed by atoms with E-state index in [4.69, 9.17) is 14.4 Å². The molecule has 7 nitrogen and oxygen atoms in total. The minimum Gasteiger partial charge on any atom is -0.481 e. The fraction of sp³-hybridized carbons (Fsp3) is 0.500. The van der Waals surface area contributed by atoms with E-state index in [0.717, 1.165) is 42.8 Å². The molecule has 1 aliphatic carbocycles.